The summed E-state index contributed by atoms with van der Waals surface area (Å²) < 4.78 is 39.4. The Balaban J connectivity index is 2.41. The molecule has 11 heteroatoms. The fourth-order valence-electron chi connectivity index (χ4n) is 3.13. The zero-order valence-electron chi connectivity index (χ0n) is 19.4. The highest BCUT2D eigenvalue weighted by Crippen LogP contribution is 2.25. The average Bonchev–Trinajstić information content (AvgIpc) is 2.76. The van der Waals surface area contributed by atoms with Crippen molar-refractivity contribution in [3.8, 4) is 0 Å². The molecule has 2 atom stereocenters. The van der Waals surface area contributed by atoms with Gasteiger partial charge >= 0.3 is 0 Å². The molecule has 0 aliphatic heterocycles. The molecule has 2 amide bonds. The second-order valence-corrected chi connectivity index (χ2v) is 10.8. The molecule has 0 aromatic heterocycles. The van der Waals surface area contributed by atoms with E-state index in [0.29, 0.717) is 17.0 Å². The van der Waals surface area contributed by atoms with Crippen LogP contribution in [0, 0.1) is 5.82 Å². The summed E-state index contributed by atoms with van der Waals surface area (Å²) in [7, 11) is -3.94. The van der Waals surface area contributed by atoms with E-state index in [1.54, 1.807) is 31.2 Å². The van der Waals surface area contributed by atoms with Crippen LogP contribution in [0.2, 0.25) is 10.0 Å². The quantitative estimate of drug-likeness (QED) is 0.496. The van der Waals surface area contributed by atoms with Gasteiger partial charge in [-0.05, 0) is 56.2 Å². The lowest BCUT2D eigenvalue weighted by Gasteiger charge is -2.32. The number of nitrogens with one attached hydrogen (secondary N) is 1. The number of hydrogen-bond donors (Lipinski definition) is 1. The van der Waals surface area contributed by atoms with E-state index >= 15 is 0 Å². The number of anilines is 1. The van der Waals surface area contributed by atoms with E-state index in [2.05, 4.69) is 5.32 Å². The van der Waals surface area contributed by atoms with Crippen LogP contribution in [0.1, 0.15) is 32.8 Å². The van der Waals surface area contributed by atoms with Crippen molar-refractivity contribution in [2.24, 2.45) is 0 Å². The molecule has 0 unspecified atom stereocenters. The Labute approximate surface area is 209 Å². The molecule has 1 N–H and O–H groups in total. The predicted molar refractivity (Wildman–Crippen MR) is 133 cm³/mol. The molecule has 0 aliphatic rings. The summed E-state index contributed by atoms with van der Waals surface area (Å²) in [5.74, 6) is -1.72. The van der Waals surface area contributed by atoms with Crippen LogP contribution in [0.3, 0.4) is 0 Å². The Morgan fingerprint density at radius 2 is 1.79 bits per heavy atom. The number of hydrogen-bond acceptors (Lipinski definition) is 4. The van der Waals surface area contributed by atoms with Crippen molar-refractivity contribution in [3.05, 3.63) is 63.9 Å². The first kappa shape index (κ1) is 27.9. The average molecular weight is 532 g/mol. The second kappa shape index (κ2) is 11.9. The van der Waals surface area contributed by atoms with Crippen LogP contribution < -0.4 is 9.62 Å². The van der Waals surface area contributed by atoms with Crippen molar-refractivity contribution in [1.82, 2.24) is 10.2 Å². The third kappa shape index (κ3) is 7.58. The van der Waals surface area contributed by atoms with E-state index in [4.69, 9.17) is 23.2 Å². The van der Waals surface area contributed by atoms with Gasteiger partial charge in [-0.2, -0.15) is 0 Å². The minimum Gasteiger partial charge on any atom is -0.352 e. The number of carbonyl (C=O) groups is 2. The summed E-state index contributed by atoms with van der Waals surface area (Å²) in [5.41, 5.74) is 0.696. The molecule has 0 heterocycles. The molecule has 2 rings (SSSR count). The van der Waals surface area contributed by atoms with Crippen molar-refractivity contribution >= 4 is 50.7 Å². The molecule has 0 saturated heterocycles. The summed E-state index contributed by atoms with van der Waals surface area (Å²) in [5, 5.41) is 3.02. The van der Waals surface area contributed by atoms with Crippen molar-refractivity contribution in [3.63, 3.8) is 0 Å². The van der Waals surface area contributed by atoms with Gasteiger partial charge in [-0.1, -0.05) is 42.3 Å². The molecule has 0 radical (unpaired) electrons. The van der Waals surface area contributed by atoms with Gasteiger partial charge in [-0.3, -0.25) is 13.9 Å². The molecule has 0 fully saturated rings. The Kier molecular flexibility index (Phi) is 9.73. The summed E-state index contributed by atoms with van der Waals surface area (Å²) >= 11 is 11.9. The van der Waals surface area contributed by atoms with Crippen LogP contribution in [0.5, 0.6) is 0 Å². The van der Waals surface area contributed by atoms with Crippen LogP contribution in [-0.2, 0) is 26.2 Å². The molecule has 0 bridgehead atoms. The lowest BCUT2D eigenvalue weighted by molar-refractivity contribution is -0.139. The fourth-order valence-corrected chi connectivity index (χ4v) is 4.36. The Bertz CT molecular complexity index is 1150. The maximum absolute atomic E-state index is 13.6. The SMILES string of the molecule is CC[C@@H](C)NC(=O)[C@H](C)N(Cc1cccc(Cl)c1)C(=O)CN(c1ccc(F)c(Cl)c1)S(C)(=O)=O. The van der Waals surface area contributed by atoms with Gasteiger partial charge in [-0.25, -0.2) is 12.8 Å². The monoisotopic (exact) mass is 531 g/mol. The van der Waals surface area contributed by atoms with Crippen molar-refractivity contribution in [2.75, 3.05) is 17.1 Å². The topological polar surface area (TPSA) is 86.8 Å². The highest BCUT2D eigenvalue weighted by atomic mass is 35.5. The minimum absolute atomic E-state index is 0.0241. The summed E-state index contributed by atoms with van der Waals surface area (Å²) in [6, 6.07) is 9.17. The van der Waals surface area contributed by atoms with Crippen molar-refractivity contribution in [1.29, 1.82) is 0 Å². The predicted octanol–water partition coefficient (Wildman–Crippen LogP) is 4.23. The van der Waals surface area contributed by atoms with Gasteiger partial charge in [0.2, 0.25) is 21.8 Å². The van der Waals surface area contributed by atoms with Gasteiger partial charge in [0.1, 0.15) is 18.4 Å². The zero-order valence-corrected chi connectivity index (χ0v) is 21.7. The van der Waals surface area contributed by atoms with E-state index in [9.17, 15) is 22.4 Å². The highest BCUT2D eigenvalue weighted by molar-refractivity contribution is 7.92. The fraction of sp³-hybridized carbons (Fsp3) is 0.391. The van der Waals surface area contributed by atoms with Gasteiger partial charge in [0, 0.05) is 17.6 Å². The molecule has 7 nitrogen and oxygen atoms in total. The Morgan fingerprint density at radius 3 is 2.35 bits per heavy atom. The standard InChI is InChI=1S/C23H28Cl2FN3O4S/c1-5-15(2)27-23(31)16(3)28(13-17-7-6-8-18(24)11-17)22(30)14-29(34(4,32)33)19-9-10-21(26)20(25)12-19/h6-12,15-16H,5,13-14H2,1-4H3,(H,27,31)/t15-,16+/m1/s1. The summed E-state index contributed by atoms with van der Waals surface area (Å²) in [6.45, 7) is 4.75. The summed E-state index contributed by atoms with van der Waals surface area (Å²) in [6.07, 6.45) is 1.63. The van der Waals surface area contributed by atoms with Gasteiger partial charge in [0.25, 0.3) is 0 Å². The number of benzene rings is 2. The molecule has 0 spiro atoms. The maximum Gasteiger partial charge on any atom is 0.244 e. The number of halogens is 3. The first-order valence-electron chi connectivity index (χ1n) is 10.6. The molecule has 0 saturated carbocycles. The lowest BCUT2D eigenvalue weighted by atomic mass is 10.1. The molecule has 2 aromatic rings. The van der Waals surface area contributed by atoms with E-state index < -0.39 is 34.3 Å². The molecule has 2 aromatic carbocycles. The number of nitrogens with zero attached hydrogens (tertiary/aromatic N) is 2. The minimum atomic E-state index is -3.94. The van der Waals surface area contributed by atoms with Gasteiger partial charge < -0.3 is 10.2 Å². The molecule has 34 heavy (non-hydrogen) atoms. The lowest BCUT2D eigenvalue weighted by Crippen LogP contribution is -2.52. The van der Waals surface area contributed by atoms with E-state index in [0.717, 1.165) is 22.7 Å². The number of amides is 2. The van der Waals surface area contributed by atoms with E-state index in [1.807, 2.05) is 13.8 Å². The maximum atomic E-state index is 13.6. The van der Waals surface area contributed by atoms with Crippen molar-refractivity contribution in [2.45, 2.75) is 45.8 Å². The Morgan fingerprint density at radius 1 is 1.12 bits per heavy atom. The van der Waals surface area contributed by atoms with E-state index in [1.165, 1.54) is 11.0 Å². The first-order valence-corrected chi connectivity index (χ1v) is 13.2. The third-order valence-corrected chi connectivity index (χ3v) is 6.95. The first-order chi connectivity index (χ1) is 15.8. The number of rotatable bonds is 10. The van der Waals surface area contributed by atoms with Crippen LogP contribution in [0.15, 0.2) is 42.5 Å². The van der Waals surface area contributed by atoms with E-state index in [-0.39, 0.29) is 29.2 Å². The van der Waals surface area contributed by atoms with Gasteiger partial charge in [0.05, 0.1) is 17.0 Å². The molecular weight excluding hydrogens is 504 g/mol. The summed E-state index contributed by atoms with van der Waals surface area (Å²) in [4.78, 5) is 27.5. The third-order valence-electron chi connectivity index (χ3n) is 5.28. The van der Waals surface area contributed by atoms with Crippen LogP contribution in [-0.4, -0.2) is 50.0 Å². The van der Waals surface area contributed by atoms with Crippen LogP contribution in [0.25, 0.3) is 0 Å². The molecular formula is C23H28Cl2FN3O4S. The molecule has 0 aliphatic carbocycles. The Hall–Kier alpha value is -2.36. The normalized spacial score (nSPS) is 13.1. The largest absolute Gasteiger partial charge is 0.352 e. The number of carbonyl (C=O) groups excluding carboxylic acids is 2. The zero-order chi connectivity index (χ0) is 25.6. The smallest absolute Gasteiger partial charge is 0.244 e. The number of sulfonamides is 1. The van der Waals surface area contributed by atoms with Crippen molar-refractivity contribution < 1.29 is 22.4 Å². The van der Waals surface area contributed by atoms with Crippen LogP contribution in [0.4, 0.5) is 10.1 Å². The van der Waals surface area contributed by atoms with Gasteiger partial charge in [-0.15, -0.1) is 0 Å². The van der Waals surface area contributed by atoms with Gasteiger partial charge in [0.15, 0.2) is 0 Å². The molecule has 186 valence electrons. The van der Waals surface area contributed by atoms with Crippen LogP contribution >= 0.6 is 23.2 Å². The highest BCUT2D eigenvalue weighted by Gasteiger charge is 2.30. The second-order valence-electron chi connectivity index (χ2n) is 8.01.